The predicted molar refractivity (Wildman–Crippen MR) is 101 cm³/mol. The van der Waals surface area contributed by atoms with Crippen LogP contribution < -0.4 is 9.46 Å². The van der Waals surface area contributed by atoms with Crippen molar-refractivity contribution in [3.05, 3.63) is 29.8 Å². The Balaban J connectivity index is 2.09. The summed E-state index contributed by atoms with van der Waals surface area (Å²) in [6.07, 6.45) is 0.273. The van der Waals surface area contributed by atoms with Gasteiger partial charge in [-0.25, -0.2) is 0 Å². The Morgan fingerprint density at radius 2 is 2.04 bits per heavy atom. The minimum Gasteiger partial charge on any atom is -0.497 e. The van der Waals surface area contributed by atoms with E-state index in [2.05, 4.69) is 18.6 Å². The fourth-order valence-corrected chi connectivity index (χ4v) is 4.04. The first-order valence-electron chi connectivity index (χ1n) is 8.74. The lowest BCUT2D eigenvalue weighted by Crippen LogP contribution is -2.46. The summed E-state index contributed by atoms with van der Waals surface area (Å²) in [5, 5.41) is 0. The van der Waals surface area contributed by atoms with Crippen LogP contribution in [0.25, 0.3) is 0 Å². The molecule has 0 aromatic heterocycles. The Labute approximate surface area is 156 Å². The molecule has 146 valence electrons. The van der Waals surface area contributed by atoms with Crippen LogP contribution in [0.1, 0.15) is 19.4 Å². The molecule has 0 unspecified atom stereocenters. The van der Waals surface area contributed by atoms with E-state index >= 15 is 0 Å². The highest BCUT2D eigenvalue weighted by Crippen LogP contribution is 2.26. The van der Waals surface area contributed by atoms with E-state index in [0.29, 0.717) is 18.8 Å². The van der Waals surface area contributed by atoms with Gasteiger partial charge in [0.2, 0.25) is 5.91 Å². The van der Waals surface area contributed by atoms with Crippen molar-refractivity contribution in [2.45, 2.75) is 26.3 Å². The number of likely N-dealkylation sites (tertiary alicyclic amines) is 1. The number of benzene rings is 1. The second kappa shape index (κ2) is 8.37. The lowest BCUT2D eigenvalue weighted by molar-refractivity contribution is -0.129. The Kier molecular flexibility index (Phi) is 6.65. The Morgan fingerprint density at radius 3 is 2.62 bits per heavy atom. The van der Waals surface area contributed by atoms with Gasteiger partial charge in [0.05, 0.1) is 13.5 Å². The molecular formula is C18H29N3O4S. The molecule has 0 bridgehead atoms. The average molecular weight is 384 g/mol. The van der Waals surface area contributed by atoms with Gasteiger partial charge in [0.15, 0.2) is 0 Å². The number of methoxy groups -OCH3 is 1. The quantitative estimate of drug-likeness (QED) is 0.765. The van der Waals surface area contributed by atoms with E-state index in [1.54, 1.807) is 12.0 Å². The van der Waals surface area contributed by atoms with Crippen LogP contribution in [0.3, 0.4) is 0 Å². The maximum Gasteiger partial charge on any atom is 0.279 e. The number of rotatable bonds is 7. The summed E-state index contributed by atoms with van der Waals surface area (Å²) in [6, 6.07) is 7.15. The second-order valence-corrected chi connectivity index (χ2v) is 9.16. The first-order chi connectivity index (χ1) is 12.1. The summed E-state index contributed by atoms with van der Waals surface area (Å²) >= 11 is 0. The molecule has 0 aliphatic carbocycles. The van der Waals surface area contributed by atoms with E-state index in [1.165, 1.54) is 14.1 Å². The van der Waals surface area contributed by atoms with E-state index in [1.807, 2.05) is 24.3 Å². The van der Waals surface area contributed by atoms with Gasteiger partial charge in [0.1, 0.15) is 5.75 Å². The third-order valence-electron chi connectivity index (χ3n) is 4.84. The zero-order valence-corrected chi connectivity index (χ0v) is 16.9. The minimum atomic E-state index is -3.54. The van der Waals surface area contributed by atoms with Crippen LogP contribution in [0.5, 0.6) is 5.75 Å². The first kappa shape index (κ1) is 20.7. The monoisotopic (exact) mass is 383 g/mol. The van der Waals surface area contributed by atoms with E-state index in [0.717, 1.165) is 9.87 Å². The molecule has 1 amide bonds. The van der Waals surface area contributed by atoms with Crippen molar-refractivity contribution in [3.8, 4) is 5.75 Å². The van der Waals surface area contributed by atoms with E-state index in [-0.39, 0.29) is 30.2 Å². The molecule has 0 radical (unpaired) electrons. The summed E-state index contributed by atoms with van der Waals surface area (Å²) < 4.78 is 33.5. The van der Waals surface area contributed by atoms with Crippen LogP contribution in [0.15, 0.2) is 24.3 Å². The molecule has 7 nitrogen and oxygen atoms in total. The number of amides is 1. The summed E-state index contributed by atoms with van der Waals surface area (Å²) in [6.45, 7) is 5.05. The maximum absolute atomic E-state index is 12.7. The number of ether oxygens (including phenoxy) is 1. The topological polar surface area (TPSA) is 79.0 Å². The average Bonchev–Trinajstić information content (AvgIpc) is 2.98. The molecule has 1 aromatic rings. The van der Waals surface area contributed by atoms with Crippen molar-refractivity contribution in [2.24, 2.45) is 11.8 Å². The summed E-state index contributed by atoms with van der Waals surface area (Å²) in [5.41, 5.74) is 0.882. The van der Waals surface area contributed by atoms with Crippen LogP contribution in [0.2, 0.25) is 0 Å². The minimum absolute atomic E-state index is 0.00421. The van der Waals surface area contributed by atoms with Gasteiger partial charge in [-0.3, -0.25) is 4.79 Å². The van der Waals surface area contributed by atoms with Crippen LogP contribution in [-0.4, -0.2) is 63.9 Å². The molecule has 1 aromatic carbocycles. The molecule has 1 fully saturated rings. The van der Waals surface area contributed by atoms with Crippen LogP contribution in [0.4, 0.5) is 0 Å². The molecular weight excluding hydrogens is 354 g/mol. The standard InChI is InChI=1S/C18H29N3O4S/c1-13(2)16-11-21(12-17(16)19-26(23,24)20(3)4)18(22)10-14-7-6-8-15(9-14)25-5/h6-9,13,16-17,19H,10-12H2,1-5H3/t16-,17+/m0/s1. The van der Waals surface area contributed by atoms with Crippen molar-refractivity contribution >= 4 is 16.1 Å². The number of hydrogen-bond donors (Lipinski definition) is 1. The van der Waals surface area contributed by atoms with Crippen LogP contribution >= 0.6 is 0 Å². The normalized spacial score (nSPS) is 20.8. The molecule has 8 heteroatoms. The molecule has 1 heterocycles. The van der Waals surface area contributed by atoms with Crippen LogP contribution in [0, 0.1) is 11.8 Å². The molecule has 2 rings (SSSR count). The number of carbonyl (C=O) groups is 1. The Bertz CT molecular complexity index is 734. The molecule has 1 aliphatic rings. The van der Waals surface area contributed by atoms with Crippen molar-refractivity contribution < 1.29 is 17.9 Å². The third kappa shape index (κ3) is 4.96. The SMILES string of the molecule is COc1cccc(CC(=O)N2C[C@@H](NS(=O)(=O)N(C)C)[C@H](C(C)C)C2)c1. The molecule has 1 aliphatic heterocycles. The first-order valence-corrected chi connectivity index (χ1v) is 10.2. The van der Waals surface area contributed by atoms with E-state index < -0.39 is 10.2 Å². The van der Waals surface area contributed by atoms with Crippen molar-refractivity contribution in [2.75, 3.05) is 34.3 Å². The number of carbonyl (C=O) groups excluding carboxylic acids is 1. The number of nitrogens with zero attached hydrogens (tertiary/aromatic N) is 2. The highest BCUT2D eigenvalue weighted by molar-refractivity contribution is 7.87. The highest BCUT2D eigenvalue weighted by Gasteiger charge is 2.39. The van der Waals surface area contributed by atoms with E-state index in [9.17, 15) is 13.2 Å². The van der Waals surface area contributed by atoms with Gasteiger partial charge in [0, 0.05) is 33.2 Å². The summed E-state index contributed by atoms with van der Waals surface area (Å²) in [4.78, 5) is 14.5. The molecule has 0 saturated carbocycles. The lowest BCUT2D eigenvalue weighted by Gasteiger charge is -2.24. The van der Waals surface area contributed by atoms with Gasteiger partial charge >= 0.3 is 0 Å². The van der Waals surface area contributed by atoms with Gasteiger partial charge in [0.25, 0.3) is 10.2 Å². The summed E-state index contributed by atoms with van der Waals surface area (Å²) in [5.74, 6) is 1.06. The van der Waals surface area contributed by atoms with Crippen molar-refractivity contribution in [1.82, 2.24) is 13.9 Å². The van der Waals surface area contributed by atoms with Gasteiger partial charge in [-0.2, -0.15) is 17.4 Å². The Hall–Kier alpha value is -1.64. The third-order valence-corrected chi connectivity index (χ3v) is 6.41. The van der Waals surface area contributed by atoms with Gasteiger partial charge in [-0.1, -0.05) is 26.0 Å². The fraction of sp³-hybridized carbons (Fsp3) is 0.611. The van der Waals surface area contributed by atoms with Crippen LogP contribution in [-0.2, 0) is 21.4 Å². The number of hydrogen-bond acceptors (Lipinski definition) is 4. The van der Waals surface area contributed by atoms with Gasteiger partial charge < -0.3 is 9.64 Å². The number of nitrogens with one attached hydrogen (secondary N) is 1. The van der Waals surface area contributed by atoms with E-state index in [4.69, 9.17) is 4.74 Å². The van der Waals surface area contributed by atoms with Crippen molar-refractivity contribution in [3.63, 3.8) is 0 Å². The largest absolute Gasteiger partial charge is 0.497 e. The maximum atomic E-state index is 12.7. The Morgan fingerprint density at radius 1 is 1.35 bits per heavy atom. The lowest BCUT2D eigenvalue weighted by atomic mass is 9.92. The molecule has 1 N–H and O–H groups in total. The molecule has 26 heavy (non-hydrogen) atoms. The summed E-state index contributed by atoms with van der Waals surface area (Å²) in [7, 11) is 1.04. The van der Waals surface area contributed by atoms with Crippen molar-refractivity contribution in [1.29, 1.82) is 0 Å². The fourth-order valence-electron chi connectivity index (χ4n) is 3.20. The predicted octanol–water partition coefficient (Wildman–Crippen LogP) is 1.12. The molecule has 2 atom stereocenters. The molecule has 1 saturated heterocycles. The zero-order valence-electron chi connectivity index (χ0n) is 16.1. The zero-order chi connectivity index (χ0) is 19.5. The molecule has 0 spiro atoms. The van der Waals surface area contributed by atoms with Gasteiger partial charge in [-0.15, -0.1) is 0 Å². The highest BCUT2D eigenvalue weighted by atomic mass is 32.2. The van der Waals surface area contributed by atoms with Gasteiger partial charge in [-0.05, 0) is 29.5 Å². The second-order valence-electron chi connectivity index (χ2n) is 7.25. The smallest absolute Gasteiger partial charge is 0.279 e.